The van der Waals surface area contributed by atoms with Gasteiger partial charge in [0, 0.05) is 5.56 Å². The van der Waals surface area contributed by atoms with Gasteiger partial charge in [-0.25, -0.2) is 9.37 Å². The number of nitrogens with two attached hydrogens (primary N) is 1. The summed E-state index contributed by atoms with van der Waals surface area (Å²) in [5.74, 6) is -0.217. The number of rotatable bonds is 4. The van der Waals surface area contributed by atoms with Crippen molar-refractivity contribution in [3.8, 4) is 11.3 Å². The fourth-order valence-corrected chi connectivity index (χ4v) is 1.94. The minimum Gasteiger partial charge on any atom is -0.431 e. The number of hydrogen-bond acceptors (Lipinski definition) is 4. The summed E-state index contributed by atoms with van der Waals surface area (Å²) < 4.78 is 18.2. The molecule has 94 valence electrons. The Balaban J connectivity index is 2.15. The second kappa shape index (κ2) is 5.22. The monoisotopic (exact) mass is 266 g/mol. The van der Waals surface area contributed by atoms with Crippen LogP contribution in [0, 0.1) is 5.82 Å². The first-order valence-electron chi connectivity index (χ1n) is 5.24. The molecular weight excluding hydrogens is 255 g/mol. The molecule has 0 aliphatic rings. The van der Waals surface area contributed by atoms with Crippen LogP contribution >= 0.6 is 11.8 Å². The topological polar surface area (TPSA) is 69.1 Å². The molecule has 1 heterocycles. The number of nitrogens with zero attached hydrogens (tertiary/aromatic N) is 1. The van der Waals surface area contributed by atoms with Gasteiger partial charge in [0.1, 0.15) is 5.82 Å². The van der Waals surface area contributed by atoms with Crippen molar-refractivity contribution in [2.45, 2.75) is 17.4 Å². The molecule has 1 aromatic heterocycles. The highest BCUT2D eigenvalue weighted by Crippen LogP contribution is 2.27. The number of hydrogen-bond donors (Lipinski definition) is 1. The van der Waals surface area contributed by atoms with E-state index in [1.54, 1.807) is 19.1 Å². The lowest BCUT2D eigenvalue weighted by Gasteiger charge is -2.01. The van der Waals surface area contributed by atoms with E-state index in [1.165, 1.54) is 18.3 Å². The second-order valence-corrected chi connectivity index (χ2v) is 4.95. The summed E-state index contributed by atoms with van der Waals surface area (Å²) in [5.41, 5.74) is 5.87. The summed E-state index contributed by atoms with van der Waals surface area (Å²) in [7, 11) is 0. The Morgan fingerprint density at radius 2 is 2.11 bits per heavy atom. The van der Waals surface area contributed by atoms with Crippen molar-refractivity contribution in [2.24, 2.45) is 5.73 Å². The zero-order chi connectivity index (χ0) is 13.1. The first-order valence-corrected chi connectivity index (χ1v) is 6.12. The smallest absolute Gasteiger partial charge is 0.256 e. The summed E-state index contributed by atoms with van der Waals surface area (Å²) in [5, 5.41) is -0.0506. The summed E-state index contributed by atoms with van der Waals surface area (Å²) in [6.45, 7) is 1.68. The van der Waals surface area contributed by atoms with E-state index in [-0.39, 0.29) is 5.82 Å². The standard InChI is InChI=1S/C12H11FN2O2S/c1-7(11(14)16)18-12-15-6-10(17-12)8-2-4-9(13)5-3-8/h2-7H,1H3,(H2,14,16)/t7-/m0/s1. The maximum Gasteiger partial charge on any atom is 0.256 e. The SMILES string of the molecule is C[C@H](Sc1ncc(-c2ccc(F)cc2)o1)C(N)=O. The third-order valence-electron chi connectivity index (χ3n) is 2.29. The van der Waals surface area contributed by atoms with Crippen LogP contribution in [-0.2, 0) is 4.79 Å². The average molecular weight is 266 g/mol. The maximum atomic E-state index is 12.8. The summed E-state index contributed by atoms with van der Waals surface area (Å²) in [6, 6.07) is 5.89. The van der Waals surface area contributed by atoms with E-state index in [4.69, 9.17) is 10.2 Å². The molecule has 4 nitrogen and oxygen atoms in total. The van der Waals surface area contributed by atoms with E-state index in [0.29, 0.717) is 11.0 Å². The molecule has 18 heavy (non-hydrogen) atoms. The Kier molecular flexibility index (Phi) is 3.66. The molecular formula is C12H11FN2O2S. The normalized spacial score (nSPS) is 12.3. The zero-order valence-corrected chi connectivity index (χ0v) is 10.4. The Morgan fingerprint density at radius 3 is 2.72 bits per heavy atom. The van der Waals surface area contributed by atoms with Gasteiger partial charge in [-0.15, -0.1) is 0 Å². The molecule has 0 fully saturated rings. The lowest BCUT2D eigenvalue weighted by molar-refractivity contribution is -0.117. The number of carbonyl (C=O) groups excluding carboxylic acids is 1. The Hall–Kier alpha value is -1.82. The zero-order valence-electron chi connectivity index (χ0n) is 9.59. The van der Waals surface area contributed by atoms with Gasteiger partial charge in [-0.1, -0.05) is 11.8 Å². The van der Waals surface area contributed by atoms with Crippen molar-refractivity contribution in [1.29, 1.82) is 0 Å². The van der Waals surface area contributed by atoms with Gasteiger partial charge in [0.2, 0.25) is 5.91 Å². The lowest BCUT2D eigenvalue weighted by atomic mass is 10.2. The molecule has 0 unspecified atom stereocenters. The highest BCUT2D eigenvalue weighted by atomic mass is 32.2. The molecule has 0 saturated carbocycles. The van der Waals surface area contributed by atoms with Crippen molar-refractivity contribution < 1.29 is 13.6 Å². The molecule has 0 aliphatic carbocycles. The van der Waals surface area contributed by atoms with Crippen molar-refractivity contribution in [3.05, 3.63) is 36.3 Å². The number of thioether (sulfide) groups is 1. The predicted molar refractivity (Wildman–Crippen MR) is 66.4 cm³/mol. The molecule has 0 bridgehead atoms. The average Bonchev–Trinajstić information content (AvgIpc) is 2.78. The number of amides is 1. The fourth-order valence-electron chi connectivity index (χ4n) is 1.27. The maximum absolute atomic E-state index is 12.8. The molecule has 0 spiro atoms. The van der Waals surface area contributed by atoms with E-state index in [0.717, 1.165) is 17.3 Å². The molecule has 1 aromatic carbocycles. The molecule has 0 saturated heterocycles. The van der Waals surface area contributed by atoms with Crippen LogP contribution in [-0.4, -0.2) is 16.1 Å². The highest BCUT2D eigenvalue weighted by molar-refractivity contribution is 8.00. The molecule has 2 aromatic rings. The second-order valence-electron chi connectivity index (χ2n) is 3.66. The van der Waals surface area contributed by atoms with Crippen LogP contribution in [0.1, 0.15) is 6.92 Å². The molecule has 0 aliphatic heterocycles. The number of halogens is 1. The number of benzene rings is 1. The predicted octanol–water partition coefficient (Wildman–Crippen LogP) is 2.45. The van der Waals surface area contributed by atoms with Gasteiger partial charge >= 0.3 is 0 Å². The van der Waals surface area contributed by atoms with Gasteiger partial charge < -0.3 is 10.2 Å². The van der Waals surface area contributed by atoms with Gasteiger partial charge in [-0.05, 0) is 31.2 Å². The minimum absolute atomic E-state index is 0.310. The van der Waals surface area contributed by atoms with Gasteiger partial charge in [0.05, 0.1) is 11.4 Å². The highest BCUT2D eigenvalue weighted by Gasteiger charge is 2.15. The minimum atomic E-state index is -0.429. The van der Waals surface area contributed by atoms with E-state index < -0.39 is 11.2 Å². The van der Waals surface area contributed by atoms with Gasteiger partial charge in [-0.2, -0.15) is 0 Å². The molecule has 1 atom stereocenters. The third kappa shape index (κ3) is 2.89. The quantitative estimate of drug-likeness (QED) is 0.863. The van der Waals surface area contributed by atoms with Crippen LogP contribution in [0.5, 0.6) is 0 Å². The third-order valence-corrected chi connectivity index (χ3v) is 3.27. The van der Waals surface area contributed by atoms with Crippen LogP contribution in [0.3, 0.4) is 0 Å². The Bertz CT molecular complexity index is 553. The van der Waals surface area contributed by atoms with Crippen molar-refractivity contribution >= 4 is 17.7 Å². The van der Waals surface area contributed by atoms with Gasteiger partial charge in [0.15, 0.2) is 5.76 Å². The number of aromatic nitrogens is 1. The van der Waals surface area contributed by atoms with Gasteiger partial charge in [-0.3, -0.25) is 4.79 Å². The number of oxazole rings is 1. The van der Waals surface area contributed by atoms with E-state index in [2.05, 4.69) is 4.98 Å². The largest absolute Gasteiger partial charge is 0.431 e. The van der Waals surface area contributed by atoms with Crippen LogP contribution in [0.15, 0.2) is 40.1 Å². The Labute approximate surface area is 107 Å². The van der Waals surface area contributed by atoms with Crippen molar-refractivity contribution in [3.63, 3.8) is 0 Å². The van der Waals surface area contributed by atoms with E-state index in [9.17, 15) is 9.18 Å². The molecule has 2 rings (SSSR count). The fraction of sp³-hybridized carbons (Fsp3) is 0.167. The lowest BCUT2D eigenvalue weighted by Crippen LogP contribution is -2.22. The van der Waals surface area contributed by atoms with Crippen LogP contribution in [0.2, 0.25) is 0 Å². The first kappa shape index (κ1) is 12.6. The number of carbonyl (C=O) groups is 1. The number of primary amides is 1. The van der Waals surface area contributed by atoms with Crippen LogP contribution in [0.4, 0.5) is 4.39 Å². The van der Waals surface area contributed by atoms with Crippen LogP contribution < -0.4 is 5.73 Å². The molecule has 1 amide bonds. The Morgan fingerprint density at radius 1 is 1.44 bits per heavy atom. The first-order chi connectivity index (χ1) is 8.56. The summed E-state index contributed by atoms with van der Waals surface area (Å²) >= 11 is 1.14. The molecule has 6 heteroatoms. The van der Waals surface area contributed by atoms with E-state index in [1.807, 2.05) is 0 Å². The van der Waals surface area contributed by atoms with Crippen molar-refractivity contribution in [1.82, 2.24) is 4.98 Å². The van der Waals surface area contributed by atoms with Gasteiger partial charge in [0.25, 0.3) is 5.22 Å². The summed E-state index contributed by atoms with van der Waals surface area (Å²) in [4.78, 5) is 14.9. The molecule has 0 radical (unpaired) electrons. The van der Waals surface area contributed by atoms with Crippen LogP contribution in [0.25, 0.3) is 11.3 Å². The van der Waals surface area contributed by atoms with Crippen molar-refractivity contribution in [2.75, 3.05) is 0 Å². The van der Waals surface area contributed by atoms with E-state index >= 15 is 0 Å². The summed E-state index contributed by atoms with van der Waals surface area (Å²) in [6.07, 6.45) is 1.53. The molecule has 2 N–H and O–H groups in total.